The summed E-state index contributed by atoms with van der Waals surface area (Å²) in [5.41, 5.74) is 2.05. The van der Waals surface area contributed by atoms with Crippen LogP contribution in [0.15, 0.2) is 77.6 Å². The van der Waals surface area contributed by atoms with Gasteiger partial charge in [-0.3, -0.25) is 9.36 Å². The van der Waals surface area contributed by atoms with Gasteiger partial charge in [0.05, 0.1) is 16.6 Å². The van der Waals surface area contributed by atoms with E-state index in [0.717, 1.165) is 5.56 Å². The van der Waals surface area contributed by atoms with Crippen LogP contribution >= 0.6 is 23.2 Å². The maximum atomic E-state index is 13.2. The van der Waals surface area contributed by atoms with Crippen LogP contribution in [-0.4, -0.2) is 9.55 Å². The smallest absolute Gasteiger partial charge is 0.266 e. The van der Waals surface area contributed by atoms with Crippen molar-refractivity contribution in [2.45, 2.75) is 0 Å². The van der Waals surface area contributed by atoms with Crippen molar-refractivity contribution in [3.63, 3.8) is 0 Å². The van der Waals surface area contributed by atoms with E-state index in [1.54, 1.807) is 24.3 Å². The van der Waals surface area contributed by atoms with Crippen LogP contribution in [0.5, 0.6) is 0 Å². The molecule has 0 aliphatic heterocycles. The molecule has 4 rings (SSSR count). The van der Waals surface area contributed by atoms with E-state index in [4.69, 9.17) is 23.2 Å². The number of nitrogens with zero attached hydrogens (tertiary/aromatic N) is 2. The van der Waals surface area contributed by atoms with Crippen molar-refractivity contribution in [3.8, 4) is 5.69 Å². The molecule has 1 heterocycles. The fourth-order valence-corrected chi connectivity index (χ4v) is 3.43. The molecule has 0 bridgehead atoms. The van der Waals surface area contributed by atoms with Crippen molar-refractivity contribution in [2.24, 2.45) is 0 Å². The van der Waals surface area contributed by atoms with Crippen molar-refractivity contribution >= 4 is 46.3 Å². The maximum Gasteiger partial charge on any atom is 0.266 e. The van der Waals surface area contributed by atoms with E-state index < -0.39 is 0 Å². The molecular weight excluding hydrogens is 379 g/mol. The molecular formula is C22H14Cl2N2O. The van der Waals surface area contributed by atoms with Gasteiger partial charge >= 0.3 is 0 Å². The number of para-hydroxylation sites is 1. The van der Waals surface area contributed by atoms with Crippen molar-refractivity contribution in [1.29, 1.82) is 0 Å². The van der Waals surface area contributed by atoms with Crippen LogP contribution in [0.4, 0.5) is 0 Å². The highest BCUT2D eigenvalue weighted by Gasteiger charge is 2.12. The van der Waals surface area contributed by atoms with Crippen LogP contribution in [0.25, 0.3) is 28.7 Å². The number of aromatic nitrogens is 2. The Hall–Kier alpha value is -2.88. The number of fused-ring (bicyclic) bond motifs is 1. The predicted molar refractivity (Wildman–Crippen MR) is 113 cm³/mol. The number of rotatable bonds is 3. The molecule has 1 aromatic heterocycles. The second-order valence-corrected chi connectivity index (χ2v) is 6.87. The summed E-state index contributed by atoms with van der Waals surface area (Å²) in [6, 6.07) is 22.1. The molecule has 27 heavy (non-hydrogen) atoms. The summed E-state index contributed by atoms with van der Waals surface area (Å²) in [4.78, 5) is 17.9. The highest BCUT2D eigenvalue weighted by molar-refractivity contribution is 6.34. The summed E-state index contributed by atoms with van der Waals surface area (Å²) in [6.07, 6.45) is 3.73. The largest absolute Gasteiger partial charge is 0.268 e. The second-order valence-electron chi connectivity index (χ2n) is 6.00. The molecule has 0 unspecified atom stereocenters. The first-order valence-corrected chi connectivity index (χ1v) is 9.09. The molecule has 0 atom stereocenters. The summed E-state index contributed by atoms with van der Waals surface area (Å²) >= 11 is 12.3. The molecule has 3 nitrogen and oxygen atoms in total. The minimum Gasteiger partial charge on any atom is -0.268 e. The molecule has 5 heteroatoms. The SMILES string of the molecule is O=c1c2ccccc2nc(/C=C/c2ccccc2)n1-c1cc(Cl)cc(Cl)c1. The van der Waals surface area contributed by atoms with Gasteiger partial charge in [-0.15, -0.1) is 0 Å². The lowest BCUT2D eigenvalue weighted by molar-refractivity contribution is 0.944. The molecule has 0 saturated heterocycles. The normalized spacial score (nSPS) is 11.3. The Labute approximate surface area is 166 Å². The van der Waals surface area contributed by atoms with E-state index in [0.29, 0.717) is 32.5 Å². The minimum atomic E-state index is -0.174. The predicted octanol–water partition coefficient (Wildman–Crippen LogP) is 5.86. The lowest BCUT2D eigenvalue weighted by atomic mass is 10.2. The highest BCUT2D eigenvalue weighted by atomic mass is 35.5. The van der Waals surface area contributed by atoms with Gasteiger partial charge in [-0.2, -0.15) is 0 Å². The van der Waals surface area contributed by atoms with Crippen LogP contribution in [-0.2, 0) is 0 Å². The molecule has 0 aliphatic carbocycles. The number of hydrogen-bond donors (Lipinski definition) is 0. The van der Waals surface area contributed by atoms with Gasteiger partial charge in [0, 0.05) is 10.0 Å². The standard InChI is InChI=1S/C22H14Cl2N2O/c23-16-12-17(24)14-18(13-16)26-21(11-10-15-6-2-1-3-7-15)25-20-9-5-4-8-19(20)22(26)27/h1-14H/b11-10+. The maximum absolute atomic E-state index is 13.2. The van der Waals surface area contributed by atoms with Crippen LogP contribution in [0.2, 0.25) is 10.0 Å². The van der Waals surface area contributed by atoms with Crippen LogP contribution < -0.4 is 5.56 Å². The topological polar surface area (TPSA) is 34.9 Å². The molecule has 0 radical (unpaired) electrons. The highest BCUT2D eigenvalue weighted by Crippen LogP contribution is 2.23. The van der Waals surface area contributed by atoms with Gasteiger partial charge in [-0.1, -0.05) is 71.7 Å². The van der Waals surface area contributed by atoms with Crippen molar-refractivity contribution in [2.75, 3.05) is 0 Å². The van der Waals surface area contributed by atoms with Crippen LogP contribution in [0, 0.1) is 0 Å². The molecule has 0 saturated carbocycles. The Kier molecular flexibility index (Phi) is 4.80. The Morgan fingerprint density at radius 1 is 0.815 bits per heavy atom. The van der Waals surface area contributed by atoms with E-state index in [2.05, 4.69) is 4.98 Å². The van der Waals surface area contributed by atoms with E-state index >= 15 is 0 Å². The first kappa shape index (κ1) is 17.5. The van der Waals surface area contributed by atoms with Crippen LogP contribution in [0.3, 0.4) is 0 Å². The quantitative estimate of drug-likeness (QED) is 0.437. The Morgan fingerprint density at radius 3 is 2.22 bits per heavy atom. The van der Waals surface area contributed by atoms with E-state index in [-0.39, 0.29) is 5.56 Å². The summed E-state index contributed by atoms with van der Waals surface area (Å²) in [5.74, 6) is 0.501. The average Bonchev–Trinajstić information content (AvgIpc) is 2.66. The summed E-state index contributed by atoms with van der Waals surface area (Å²) < 4.78 is 1.53. The fourth-order valence-electron chi connectivity index (χ4n) is 2.91. The molecule has 0 N–H and O–H groups in total. The van der Waals surface area contributed by atoms with Gasteiger partial charge in [-0.05, 0) is 42.0 Å². The Bertz CT molecular complexity index is 1190. The second kappa shape index (κ2) is 7.39. The molecule has 0 amide bonds. The van der Waals surface area contributed by atoms with Gasteiger partial charge in [0.15, 0.2) is 0 Å². The Balaban J connectivity index is 1.98. The zero-order chi connectivity index (χ0) is 18.8. The number of hydrogen-bond acceptors (Lipinski definition) is 2. The first-order valence-electron chi connectivity index (χ1n) is 8.33. The van der Waals surface area contributed by atoms with Gasteiger partial charge in [0.25, 0.3) is 5.56 Å². The zero-order valence-electron chi connectivity index (χ0n) is 14.1. The lowest BCUT2D eigenvalue weighted by Gasteiger charge is -2.12. The summed E-state index contributed by atoms with van der Waals surface area (Å²) in [5, 5.41) is 1.44. The lowest BCUT2D eigenvalue weighted by Crippen LogP contribution is -2.22. The van der Waals surface area contributed by atoms with E-state index in [1.807, 2.05) is 60.7 Å². The number of halogens is 2. The van der Waals surface area contributed by atoms with E-state index in [1.165, 1.54) is 4.57 Å². The average molecular weight is 393 g/mol. The first-order chi connectivity index (χ1) is 13.1. The summed E-state index contributed by atoms with van der Waals surface area (Å²) in [6.45, 7) is 0. The third kappa shape index (κ3) is 3.65. The minimum absolute atomic E-state index is 0.174. The van der Waals surface area contributed by atoms with Crippen molar-refractivity contribution in [1.82, 2.24) is 9.55 Å². The van der Waals surface area contributed by atoms with Crippen LogP contribution in [0.1, 0.15) is 11.4 Å². The number of benzene rings is 3. The molecule has 0 fully saturated rings. The molecule has 3 aromatic carbocycles. The van der Waals surface area contributed by atoms with Gasteiger partial charge in [-0.25, -0.2) is 4.98 Å². The zero-order valence-corrected chi connectivity index (χ0v) is 15.7. The van der Waals surface area contributed by atoms with Gasteiger partial charge < -0.3 is 0 Å². The third-order valence-electron chi connectivity index (χ3n) is 4.13. The molecule has 0 aliphatic rings. The van der Waals surface area contributed by atoms with Crippen molar-refractivity contribution < 1.29 is 0 Å². The van der Waals surface area contributed by atoms with E-state index in [9.17, 15) is 4.79 Å². The Morgan fingerprint density at radius 2 is 1.48 bits per heavy atom. The summed E-state index contributed by atoms with van der Waals surface area (Å²) in [7, 11) is 0. The molecule has 4 aromatic rings. The fraction of sp³-hybridized carbons (Fsp3) is 0. The van der Waals surface area contributed by atoms with Crippen molar-refractivity contribution in [3.05, 3.63) is 105 Å². The van der Waals surface area contributed by atoms with Gasteiger partial charge in [0.1, 0.15) is 5.82 Å². The molecule has 0 spiro atoms. The monoisotopic (exact) mass is 392 g/mol. The third-order valence-corrected chi connectivity index (χ3v) is 4.57. The van der Waals surface area contributed by atoms with Gasteiger partial charge in [0.2, 0.25) is 0 Å². The molecule has 132 valence electrons.